The highest BCUT2D eigenvalue weighted by molar-refractivity contribution is 6.31. The molecule has 0 fully saturated rings. The van der Waals surface area contributed by atoms with Gasteiger partial charge in [0.1, 0.15) is 6.10 Å². The van der Waals surface area contributed by atoms with E-state index in [-0.39, 0.29) is 0 Å². The van der Waals surface area contributed by atoms with E-state index in [1.54, 1.807) is 18.3 Å². The molecule has 0 aliphatic heterocycles. The predicted molar refractivity (Wildman–Crippen MR) is 57.5 cm³/mol. The molecule has 2 aromatic rings. The lowest BCUT2D eigenvalue weighted by Gasteiger charge is -2.10. The van der Waals surface area contributed by atoms with Crippen LogP contribution in [-0.4, -0.2) is 15.1 Å². The third kappa shape index (κ3) is 2.14. The first kappa shape index (κ1) is 10.1. The van der Waals surface area contributed by atoms with E-state index in [2.05, 4.69) is 9.97 Å². The van der Waals surface area contributed by atoms with Crippen LogP contribution in [0.15, 0.2) is 42.9 Å². The molecule has 76 valence electrons. The molecule has 3 nitrogen and oxygen atoms in total. The fraction of sp³-hybridized carbons (Fsp3) is 0.0909. The fourth-order valence-corrected chi connectivity index (χ4v) is 1.55. The van der Waals surface area contributed by atoms with E-state index in [0.717, 1.165) is 0 Å². The van der Waals surface area contributed by atoms with Crippen LogP contribution in [0.5, 0.6) is 0 Å². The lowest BCUT2D eigenvalue weighted by atomic mass is 10.1. The summed E-state index contributed by atoms with van der Waals surface area (Å²) < 4.78 is 0. The van der Waals surface area contributed by atoms with Gasteiger partial charge in [-0.2, -0.15) is 0 Å². The van der Waals surface area contributed by atoms with Crippen LogP contribution in [0.2, 0.25) is 5.02 Å². The zero-order valence-electron chi connectivity index (χ0n) is 7.84. The summed E-state index contributed by atoms with van der Waals surface area (Å²) in [6.45, 7) is 0. The number of hydrogen-bond acceptors (Lipinski definition) is 3. The predicted octanol–water partition coefficient (Wildman–Crippen LogP) is 2.21. The Hall–Kier alpha value is -1.45. The van der Waals surface area contributed by atoms with Crippen LogP contribution in [0.1, 0.15) is 17.4 Å². The first-order chi connectivity index (χ1) is 7.29. The van der Waals surface area contributed by atoms with Gasteiger partial charge in [0.15, 0.2) is 0 Å². The second-order valence-electron chi connectivity index (χ2n) is 3.05. The Balaban J connectivity index is 2.37. The van der Waals surface area contributed by atoms with Crippen molar-refractivity contribution in [2.75, 3.05) is 0 Å². The van der Waals surface area contributed by atoms with Crippen molar-refractivity contribution >= 4 is 11.6 Å². The lowest BCUT2D eigenvalue weighted by molar-refractivity contribution is 0.215. The minimum absolute atomic E-state index is 0.491. The van der Waals surface area contributed by atoms with Crippen LogP contribution >= 0.6 is 11.6 Å². The van der Waals surface area contributed by atoms with Gasteiger partial charge in [-0.05, 0) is 6.07 Å². The minimum Gasteiger partial charge on any atom is -0.382 e. The van der Waals surface area contributed by atoms with Gasteiger partial charge in [0.2, 0.25) is 0 Å². The smallest absolute Gasteiger partial charge is 0.124 e. The average molecular weight is 221 g/mol. The minimum atomic E-state index is -0.826. The van der Waals surface area contributed by atoms with Crippen molar-refractivity contribution in [3.8, 4) is 0 Å². The van der Waals surface area contributed by atoms with Crippen molar-refractivity contribution in [1.82, 2.24) is 9.97 Å². The van der Waals surface area contributed by atoms with Crippen molar-refractivity contribution in [3.05, 3.63) is 59.1 Å². The summed E-state index contributed by atoms with van der Waals surface area (Å²) in [5, 5.41) is 10.5. The molecule has 1 heterocycles. The van der Waals surface area contributed by atoms with Crippen molar-refractivity contribution < 1.29 is 5.11 Å². The maximum Gasteiger partial charge on any atom is 0.124 e. The average Bonchev–Trinajstić information content (AvgIpc) is 2.30. The Morgan fingerprint density at radius 3 is 2.67 bits per heavy atom. The molecule has 0 saturated carbocycles. The van der Waals surface area contributed by atoms with Crippen molar-refractivity contribution in [1.29, 1.82) is 0 Å². The Bertz CT molecular complexity index is 447. The van der Waals surface area contributed by atoms with Crippen LogP contribution < -0.4 is 0 Å². The van der Waals surface area contributed by atoms with Crippen molar-refractivity contribution in [2.45, 2.75) is 6.10 Å². The molecule has 15 heavy (non-hydrogen) atoms. The third-order valence-corrected chi connectivity index (χ3v) is 2.41. The first-order valence-electron chi connectivity index (χ1n) is 4.47. The number of halogens is 1. The van der Waals surface area contributed by atoms with E-state index in [4.69, 9.17) is 11.6 Å². The standard InChI is InChI=1S/C11H9ClN2O/c12-9-4-2-1-3-8(9)11(15)10-7-13-5-6-14-10/h1-7,11,15H. The molecule has 0 saturated heterocycles. The second-order valence-corrected chi connectivity index (χ2v) is 3.46. The molecule has 1 unspecified atom stereocenters. The molecule has 0 amide bonds. The van der Waals surface area contributed by atoms with E-state index >= 15 is 0 Å². The topological polar surface area (TPSA) is 46.0 Å². The number of aliphatic hydroxyl groups excluding tert-OH is 1. The monoisotopic (exact) mass is 220 g/mol. The molecule has 1 aromatic heterocycles. The summed E-state index contributed by atoms with van der Waals surface area (Å²) in [5.74, 6) is 0. The Labute approximate surface area is 92.4 Å². The molecule has 0 radical (unpaired) electrons. The molecule has 4 heteroatoms. The van der Waals surface area contributed by atoms with Crippen LogP contribution in [0, 0.1) is 0 Å². The summed E-state index contributed by atoms with van der Waals surface area (Å²) in [6, 6.07) is 7.13. The largest absolute Gasteiger partial charge is 0.382 e. The maximum atomic E-state index is 9.99. The summed E-state index contributed by atoms with van der Waals surface area (Å²) in [7, 11) is 0. The molecule has 0 aliphatic carbocycles. The number of aliphatic hydroxyl groups is 1. The van der Waals surface area contributed by atoms with Crippen LogP contribution in [-0.2, 0) is 0 Å². The SMILES string of the molecule is OC(c1cnccn1)c1ccccc1Cl. The molecule has 1 atom stereocenters. The molecule has 0 bridgehead atoms. The molecule has 1 aromatic carbocycles. The van der Waals surface area contributed by atoms with Gasteiger partial charge in [0.25, 0.3) is 0 Å². The number of aromatic nitrogens is 2. The van der Waals surface area contributed by atoms with E-state index in [0.29, 0.717) is 16.3 Å². The molecular formula is C11H9ClN2O. The summed E-state index contributed by atoms with van der Waals surface area (Å²) in [6.07, 6.45) is 3.79. The molecular weight excluding hydrogens is 212 g/mol. The van der Waals surface area contributed by atoms with Gasteiger partial charge >= 0.3 is 0 Å². The highest BCUT2D eigenvalue weighted by Gasteiger charge is 2.14. The summed E-state index contributed by atoms with van der Waals surface area (Å²) in [5.41, 5.74) is 1.13. The van der Waals surface area contributed by atoms with Crippen molar-refractivity contribution in [3.63, 3.8) is 0 Å². The highest BCUT2D eigenvalue weighted by atomic mass is 35.5. The lowest BCUT2D eigenvalue weighted by Crippen LogP contribution is -2.03. The fourth-order valence-electron chi connectivity index (χ4n) is 1.31. The number of rotatable bonds is 2. The van der Waals surface area contributed by atoms with E-state index in [9.17, 15) is 5.11 Å². The van der Waals surface area contributed by atoms with Gasteiger partial charge < -0.3 is 5.11 Å². The zero-order valence-corrected chi connectivity index (χ0v) is 8.59. The van der Waals surface area contributed by atoms with Crippen LogP contribution in [0.4, 0.5) is 0 Å². The van der Waals surface area contributed by atoms with Gasteiger partial charge in [-0.1, -0.05) is 29.8 Å². The van der Waals surface area contributed by atoms with E-state index in [1.165, 1.54) is 12.4 Å². The zero-order chi connectivity index (χ0) is 10.7. The Kier molecular flexibility index (Phi) is 2.94. The summed E-state index contributed by atoms with van der Waals surface area (Å²) >= 11 is 5.96. The van der Waals surface area contributed by atoms with Crippen LogP contribution in [0.3, 0.4) is 0 Å². The van der Waals surface area contributed by atoms with Gasteiger partial charge in [0.05, 0.1) is 11.9 Å². The normalized spacial score (nSPS) is 12.4. The van der Waals surface area contributed by atoms with Gasteiger partial charge in [-0.25, -0.2) is 0 Å². The van der Waals surface area contributed by atoms with Gasteiger partial charge in [-0.3, -0.25) is 9.97 Å². The molecule has 2 rings (SSSR count). The molecule has 0 spiro atoms. The number of benzene rings is 1. The number of hydrogen-bond donors (Lipinski definition) is 1. The maximum absolute atomic E-state index is 9.99. The Morgan fingerprint density at radius 1 is 1.20 bits per heavy atom. The number of nitrogens with zero attached hydrogens (tertiary/aromatic N) is 2. The van der Waals surface area contributed by atoms with Gasteiger partial charge in [-0.15, -0.1) is 0 Å². The van der Waals surface area contributed by atoms with E-state index < -0.39 is 6.10 Å². The summed E-state index contributed by atoms with van der Waals surface area (Å²) in [4.78, 5) is 7.92. The Morgan fingerprint density at radius 2 is 2.00 bits per heavy atom. The molecule has 1 N–H and O–H groups in total. The van der Waals surface area contributed by atoms with Gasteiger partial charge in [0, 0.05) is 23.0 Å². The quantitative estimate of drug-likeness (QED) is 0.844. The second kappa shape index (κ2) is 4.38. The van der Waals surface area contributed by atoms with Crippen LogP contribution in [0.25, 0.3) is 0 Å². The highest BCUT2D eigenvalue weighted by Crippen LogP contribution is 2.26. The first-order valence-corrected chi connectivity index (χ1v) is 4.85. The molecule has 0 aliphatic rings. The van der Waals surface area contributed by atoms with Crippen molar-refractivity contribution in [2.24, 2.45) is 0 Å². The third-order valence-electron chi connectivity index (χ3n) is 2.06. The van der Waals surface area contributed by atoms with E-state index in [1.807, 2.05) is 12.1 Å².